The Balaban J connectivity index is 1.78. The first-order valence-corrected chi connectivity index (χ1v) is 8.27. The van der Waals surface area contributed by atoms with Gasteiger partial charge in [0.1, 0.15) is 5.82 Å². The highest BCUT2D eigenvalue weighted by molar-refractivity contribution is 5.86. The Morgan fingerprint density at radius 1 is 1.38 bits per heavy atom. The van der Waals surface area contributed by atoms with E-state index in [1.807, 2.05) is 6.92 Å². The summed E-state index contributed by atoms with van der Waals surface area (Å²) in [4.78, 5) is 18.8. The molecule has 0 bridgehead atoms. The van der Waals surface area contributed by atoms with Crippen molar-refractivity contribution < 1.29 is 13.6 Å². The van der Waals surface area contributed by atoms with Gasteiger partial charge in [-0.3, -0.25) is 9.69 Å². The van der Waals surface area contributed by atoms with Gasteiger partial charge in [0.25, 0.3) is 0 Å². The Labute approximate surface area is 140 Å². The zero-order chi connectivity index (χ0) is 17.2. The summed E-state index contributed by atoms with van der Waals surface area (Å²) in [5.74, 6) is 0.934. The van der Waals surface area contributed by atoms with Gasteiger partial charge in [0.15, 0.2) is 5.76 Å². The molecule has 24 heavy (non-hydrogen) atoms. The predicted molar refractivity (Wildman–Crippen MR) is 88.6 cm³/mol. The van der Waals surface area contributed by atoms with Gasteiger partial charge in [-0.15, -0.1) is 0 Å². The first-order chi connectivity index (χ1) is 11.5. The molecule has 0 aliphatic carbocycles. The zero-order valence-corrected chi connectivity index (χ0v) is 14.0. The van der Waals surface area contributed by atoms with Crippen LogP contribution >= 0.6 is 0 Å². The predicted octanol–water partition coefficient (Wildman–Crippen LogP) is 2.97. The number of aromatic nitrogens is 1. The SMILES string of the molecule is CCC[C@]1(C)C(=O)NCCN1Cc1ncc(-c2ccc(F)cc2)o1. The van der Waals surface area contributed by atoms with Gasteiger partial charge in [-0.05, 0) is 37.6 Å². The lowest BCUT2D eigenvalue weighted by molar-refractivity contribution is -0.137. The summed E-state index contributed by atoms with van der Waals surface area (Å²) in [6, 6.07) is 6.11. The highest BCUT2D eigenvalue weighted by Gasteiger charge is 2.41. The summed E-state index contributed by atoms with van der Waals surface area (Å²) in [6.07, 6.45) is 3.35. The molecule has 0 spiro atoms. The molecule has 1 aromatic heterocycles. The lowest BCUT2D eigenvalue weighted by atomic mass is 9.90. The van der Waals surface area contributed by atoms with Crippen LogP contribution in [0.25, 0.3) is 11.3 Å². The van der Waals surface area contributed by atoms with Gasteiger partial charge in [-0.25, -0.2) is 9.37 Å². The first-order valence-electron chi connectivity index (χ1n) is 8.27. The van der Waals surface area contributed by atoms with Crippen molar-refractivity contribution in [2.75, 3.05) is 13.1 Å². The Bertz CT molecular complexity index is 713. The molecule has 0 radical (unpaired) electrons. The van der Waals surface area contributed by atoms with E-state index in [1.54, 1.807) is 18.3 Å². The van der Waals surface area contributed by atoms with E-state index in [9.17, 15) is 9.18 Å². The molecule has 6 heteroatoms. The third-order valence-corrected chi connectivity index (χ3v) is 4.60. The van der Waals surface area contributed by atoms with Crippen molar-refractivity contribution in [2.24, 2.45) is 0 Å². The molecule has 3 rings (SSSR count). The van der Waals surface area contributed by atoms with Gasteiger partial charge in [0, 0.05) is 18.7 Å². The first kappa shape index (κ1) is 16.6. The standard InChI is InChI=1S/C18H22FN3O2/c1-3-8-18(2)17(23)20-9-10-22(18)12-16-21-11-15(24-16)13-4-6-14(19)7-5-13/h4-7,11H,3,8-10,12H2,1-2H3,(H,20,23)/t18-/m1/s1. The van der Waals surface area contributed by atoms with Gasteiger partial charge in [0.2, 0.25) is 11.8 Å². The van der Waals surface area contributed by atoms with Crippen molar-refractivity contribution in [3.63, 3.8) is 0 Å². The molecule has 2 aromatic rings. The van der Waals surface area contributed by atoms with E-state index in [1.165, 1.54) is 12.1 Å². The Hall–Kier alpha value is -2.21. The Morgan fingerprint density at radius 2 is 2.12 bits per heavy atom. The smallest absolute Gasteiger partial charge is 0.240 e. The molecule has 1 fully saturated rings. The average Bonchev–Trinajstić information content (AvgIpc) is 3.02. The van der Waals surface area contributed by atoms with Crippen LogP contribution in [0.2, 0.25) is 0 Å². The number of oxazole rings is 1. The van der Waals surface area contributed by atoms with Gasteiger partial charge >= 0.3 is 0 Å². The second-order valence-corrected chi connectivity index (χ2v) is 6.33. The number of hydrogen-bond acceptors (Lipinski definition) is 4. The van der Waals surface area contributed by atoms with E-state index in [-0.39, 0.29) is 11.7 Å². The molecule has 1 aliphatic heterocycles. The summed E-state index contributed by atoms with van der Waals surface area (Å²) in [6.45, 7) is 5.91. The van der Waals surface area contributed by atoms with Crippen LogP contribution in [0.1, 0.15) is 32.6 Å². The van der Waals surface area contributed by atoms with Crippen molar-refractivity contribution >= 4 is 5.91 Å². The van der Waals surface area contributed by atoms with Gasteiger partial charge < -0.3 is 9.73 Å². The molecule has 1 saturated heterocycles. The van der Waals surface area contributed by atoms with E-state index >= 15 is 0 Å². The number of hydrogen-bond donors (Lipinski definition) is 1. The molecule has 0 unspecified atom stereocenters. The van der Waals surface area contributed by atoms with Gasteiger partial charge in [-0.2, -0.15) is 0 Å². The second-order valence-electron chi connectivity index (χ2n) is 6.33. The minimum absolute atomic E-state index is 0.0564. The molecular formula is C18H22FN3O2. The van der Waals surface area contributed by atoms with E-state index in [0.717, 1.165) is 24.9 Å². The van der Waals surface area contributed by atoms with Gasteiger partial charge in [-0.1, -0.05) is 13.3 Å². The third kappa shape index (κ3) is 3.19. The maximum Gasteiger partial charge on any atom is 0.240 e. The molecule has 1 aromatic carbocycles. The largest absolute Gasteiger partial charge is 0.439 e. The summed E-state index contributed by atoms with van der Waals surface area (Å²) in [7, 11) is 0. The zero-order valence-electron chi connectivity index (χ0n) is 14.0. The minimum Gasteiger partial charge on any atom is -0.439 e. The molecule has 1 amide bonds. The Kier molecular flexibility index (Phi) is 4.66. The number of benzene rings is 1. The highest BCUT2D eigenvalue weighted by Crippen LogP contribution is 2.27. The van der Waals surface area contributed by atoms with Crippen LogP contribution < -0.4 is 5.32 Å². The van der Waals surface area contributed by atoms with Crippen LogP contribution in [0.15, 0.2) is 34.9 Å². The number of nitrogens with zero attached hydrogens (tertiary/aromatic N) is 2. The van der Waals surface area contributed by atoms with Crippen molar-refractivity contribution in [1.82, 2.24) is 15.2 Å². The number of nitrogens with one attached hydrogen (secondary N) is 1. The minimum atomic E-state index is -0.544. The third-order valence-electron chi connectivity index (χ3n) is 4.60. The number of rotatable bonds is 5. The fraction of sp³-hybridized carbons (Fsp3) is 0.444. The molecular weight excluding hydrogens is 309 g/mol. The van der Waals surface area contributed by atoms with E-state index in [0.29, 0.717) is 24.7 Å². The number of amides is 1. The average molecular weight is 331 g/mol. The van der Waals surface area contributed by atoms with Crippen LogP contribution in [0, 0.1) is 5.82 Å². The number of halogens is 1. The van der Waals surface area contributed by atoms with Crippen molar-refractivity contribution in [3.8, 4) is 11.3 Å². The second kappa shape index (κ2) is 6.73. The van der Waals surface area contributed by atoms with Gasteiger partial charge in [0.05, 0.1) is 18.3 Å². The summed E-state index contributed by atoms with van der Waals surface area (Å²) >= 11 is 0. The quantitative estimate of drug-likeness (QED) is 0.915. The number of piperazine rings is 1. The molecule has 5 nitrogen and oxygen atoms in total. The van der Waals surface area contributed by atoms with Crippen LogP contribution in [-0.2, 0) is 11.3 Å². The van der Waals surface area contributed by atoms with Crippen LogP contribution in [0.3, 0.4) is 0 Å². The normalized spacial score (nSPS) is 21.7. The molecule has 0 saturated carbocycles. The van der Waals surface area contributed by atoms with E-state index < -0.39 is 5.54 Å². The summed E-state index contributed by atoms with van der Waals surface area (Å²) in [5.41, 5.74) is 0.236. The number of carbonyl (C=O) groups excluding carboxylic acids is 1. The molecule has 1 atom stereocenters. The van der Waals surface area contributed by atoms with E-state index in [4.69, 9.17) is 4.42 Å². The fourth-order valence-electron chi connectivity index (χ4n) is 3.19. The lowest BCUT2D eigenvalue weighted by Crippen LogP contribution is -2.62. The molecule has 2 heterocycles. The monoisotopic (exact) mass is 331 g/mol. The summed E-state index contributed by atoms with van der Waals surface area (Å²) < 4.78 is 18.8. The maximum absolute atomic E-state index is 13.0. The maximum atomic E-state index is 13.0. The molecule has 1 aliphatic rings. The van der Waals surface area contributed by atoms with Crippen molar-refractivity contribution in [1.29, 1.82) is 0 Å². The van der Waals surface area contributed by atoms with Crippen molar-refractivity contribution in [3.05, 3.63) is 42.2 Å². The fourth-order valence-corrected chi connectivity index (χ4v) is 3.19. The van der Waals surface area contributed by atoms with Crippen molar-refractivity contribution in [2.45, 2.75) is 38.8 Å². The van der Waals surface area contributed by atoms with Crippen LogP contribution in [0.4, 0.5) is 4.39 Å². The van der Waals surface area contributed by atoms with E-state index in [2.05, 4.69) is 22.1 Å². The highest BCUT2D eigenvalue weighted by atomic mass is 19.1. The topological polar surface area (TPSA) is 58.4 Å². The van der Waals surface area contributed by atoms with Crippen LogP contribution in [0.5, 0.6) is 0 Å². The lowest BCUT2D eigenvalue weighted by Gasteiger charge is -2.43. The Morgan fingerprint density at radius 3 is 2.83 bits per heavy atom. The van der Waals surface area contributed by atoms with Crippen LogP contribution in [-0.4, -0.2) is 34.4 Å². The molecule has 128 valence electrons. The molecule has 1 N–H and O–H groups in total. The summed E-state index contributed by atoms with van der Waals surface area (Å²) in [5, 5.41) is 2.94. The number of carbonyl (C=O) groups is 1.